The maximum Gasteiger partial charge on any atom is 0.223 e. The Balaban J connectivity index is 4.33. The standard InChI is InChI=1S/C14H26N2O/c1-5-7-12(8-6-2)14(17)16-13(10-15)9-11(3)4/h5-6,11-13H,1-2,7-10,15H2,3-4H3,(H,16,17). The van der Waals surface area contributed by atoms with Crippen LogP contribution in [0.1, 0.15) is 33.1 Å². The molecule has 1 unspecified atom stereocenters. The SMILES string of the molecule is C=CCC(CC=C)C(=O)NC(CN)CC(C)C. The lowest BCUT2D eigenvalue weighted by Crippen LogP contribution is -2.43. The van der Waals surface area contributed by atoms with Crippen LogP contribution in [0.15, 0.2) is 25.3 Å². The number of hydrogen-bond donors (Lipinski definition) is 2. The van der Waals surface area contributed by atoms with E-state index in [0.717, 1.165) is 6.42 Å². The van der Waals surface area contributed by atoms with Gasteiger partial charge in [-0.15, -0.1) is 13.2 Å². The minimum Gasteiger partial charge on any atom is -0.352 e. The molecule has 17 heavy (non-hydrogen) atoms. The van der Waals surface area contributed by atoms with Gasteiger partial charge in [-0.3, -0.25) is 4.79 Å². The zero-order valence-corrected chi connectivity index (χ0v) is 11.1. The van der Waals surface area contributed by atoms with Gasteiger partial charge < -0.3 is 11.1 Å². The highest BCUT2D eigenvalue weighted by atomic mass is 16.1. The van der Waals surface area contributed by atoms with E-state index in [1.165, 1.54) is 0 Å². The maximum atomic E-state index is 12.0. The third-order valence-corrected chi connectivity index (χ3v) is 2.66. The maximum absolute atomic E-state index is 12.0. The van der Waals surface area contributed by atoms with Gasteiger partial charge in [-0.2, -0.15) is 0 Å². The van der Waals surface area contributed by atoms with E-state index in [-0.39, 0.29) is 17.9 Å². The minimum atomic E-state index is -0.0637. The average molecular weight is 238 g/mol. The van der Waals surface area contributed by atoms with Crippen LogP contribution in [0.5, 0.6) is 0 Å². The number of carbonyl (C=O) groups is 1. The molecule has 0 aromatic rings. The van der Waals surface area contributed by atoms with Crippen molar-refractivity contribution in [3.63, 3.8) is 0 Å². The third-order valence-electron chi connectivity index (χ3n) is 2.66. The first kappa shape index (κ1) is 15.9. The Hall–Kier alpha value is -1.09. The number of hydrogen-bond acceptors (Lipinski definition) is 2. The van der Waals surface area contributed by atoms with Gasteiger partial charge in [-0.1, -0.05) is 26.0 Å². The van der Waals surface area contributed by atoms with Crippen LogP contribution in [0.25, 0.3) is 0 Å². The van der Waals surface area contributed by atoms with Gasteiger partial charge in [0.05, 0.1) is 0 Å². The minimum absolute atomic E-state index is 0.0564. The van der Waals surface area contributed by atoms with Crippen LogP contribution in [-0.4, -0.2) is 18.5 Å². The van der Waals surface area contributed by atoms with Crippen LogP contribution in [0.4, 0.5) is 0 Å². The zero-order chi connectivity index (χ0) is 13.3. The molecule has 3 N–H and O–H groups in total. The second-order valence-corrected chi connectivity index (χ2v) is 4.82. The number of carbonyl (C=O) groups excluding carboxylic acids is 1. The summed E-state index contributed by atoms with van der Waals surface area (Å²) in [5.41, 5.74) is 5.66. The molecule has 0 aliphatic carbocycles. The van der Waals surface area contributed by atoms with E-state index >= 15 is 0 Å². The number of nitrogens with one attached hydrogen (secondary N) is 1. The van der Waals surface area contributed by atoms with Crippen molar-refractivity contribution in [3.05, 3.63) is 25.3 Å². The summed E-state index contributed by atoms with van der Waals surface area (Å²) < 4.78 is 0. The predicted octanol–water partition coefficient (Wildman–Crippen LogP) is 2.24. The van der Waals surface area contributed by atoms with Gasteiger partial charge in [0, 0.05) is 18.5 Å². The van der Waals surface area contributed by atoms with E-state index in [0.29, 0.717) is 25.3 Å². The molecular formula is C14H26N2O. The predicted molar refractivity (Wildman–Crippen MR) is 73.6 cm³/mol. The molecular weight excluding hydrogens is 212 g/mol. The van der Waals surface area contributed by atoms with Gasteiger partial charge in [-0.25, -0.2) is 0 Å². The fraction of sp³-hybridized carbons (Fsp3) is 0.643. The molecule has 98 valence electrons. The Bertz CT molecular complexity index is 239. The summed E-state index contributed by atoms with van der Waals surface area (Å²) in [6.45, 7) is 12.1. The molecule has 0 saturated heterocycles. The van der Waals surface area contributed by atoms with Crippen molar-refractivity contribution in [3.8, 4) is 0 Å². The Kier molecular flexibility index (Phi) is 8.42. The van der Waals surface area contributed by atoms with Crippen LogP contribution in [0.2, 0.25) is 0 Å². The second kappa shape index (κ2) is 8.99. The zero-order valence-electron chi connectivity index (χ0n) is 11.1. The van der Waals surface area contributed by atoms with E-state index < -0.39 is 0 Å². The second-order valence-electron chi connectivity index (χ2n) is 4.82. The number of amides is 1. The topological polar surface area (TPSA) is 55.1 Å². The lowest BCUT2D eigenvalue weighted by Gasteiger charge is -2.22. The monoisotopic (exact) mass is 238 g/mol. The third kappa shape index (κ3) is 6.95. The highest BCUT2D eigenvalue weighted by molar-refractivity contribution is 5.79. The quantitative estimate of drug-likeness (QED) is 0.605. The Labute approximate surface area is 105 Å². The van der Waals surface area contributed by atoms with E-state index in [1.807, 2.05) is 0 Å². The highest BCUT2D eigenvalue weighted by Gasteiger charge is 2.19. The lowest BCUT2D eigenvalue weighted by atomic mass is 9.98. The van der Waals surface area contributed by atoms with Crippen molar-refractivity contribution in [1.29, 1.82) is 0 Å². The lowest BCUT2D eigenvalue weighted by molar-refractivity contribution is -0.125. The molecule has 0 aliphatic heterocycles. The van der Waals surface area contributed by atoms with Crippen LogP contribution >= 0.6 is 0 Å². The molecule has 3 heteroatoms. The summed E-state index contributed by atoms with van der Waals surface area (Å²) in [6.07, 6.45) is 5.81. The van der Waals surface area contributed by atoms with E-state index in [4.69, 9.17) is 5.73 Å². The van der Waals surface area contributed by atoms with Gasteiger partial charge in [-0.05, 0) is 25.2 Å². The van der Waals surface area contributed by atoms with E-state index in [2.05, 4.69) is 32.3 Å². The largest absolute Gasteiger partial charge is 0.352 e. The van der Waals surface area contributed by atoms with Crippen molar-refractivity contribution in [2.24, 2.45) is 17.6 Å². The summed E-state index contributed by atoms with van der Waals surface area (Å²) >= 11 is 0. The summed E-state index contributed by atoms with van der Waals surface area (Å²) in [6, 6.07) is 0.0691. The highest BCUT2D eigenvalue weighted by Crippen LogP contribution is 2.11. The summed E-state index contributed by atoms with van der Waals surface area (Å²) in [5, 5.41) is 3.01. The molecule has 0 bridgehead atoms. The van der Waals surface area contributed by atoms with E-state index in [9.17, 15) is 4.79 Å². The average Bonchev–Trinajstić information content (AvgIpc) is 2.27. The van der Waals surface area contributed by atoms with Crippen molar-refractivity contribution < 1.29 is 4.79 Å². The molecule has 0 heterocycles. The Morgan fingerprint density at radius 2 is 1.82 bits per heavy atom. The molecule has 0 aliphatic rings. The van der Waals surface area contributed by atoms with Crippen LogP contribution < -0.4 is 11.1 Å². The Morgan fingerprint density at radius 3 is 2.18 bits per heavy atom. The Morgan fingerprint density at radius 1 is 1.29 bits per heavy atom. The summed E-state index contributed by atoms with van der Waals surface area (Å²) in [5.74, 6) is 0.522. The molecule has 1 atom stereocenters. The van der Waals surface area contributed by atoms with Gasteiger partial charge in [0.15, 0.2) is 0 Å². The fourth-order valence-electron chi connectivity index (χ4n) is 1.81. The van der Waals surface area contributed by atoms with Gasteiger partial charge >= 0.3 is 0 Å². The fourth-order valence-corrected chi connectivity index (χ4v) is 1.81. The van der Waals surface area contributed by atoms with Crippen molar-refractivity contribution >= 4 is 5.91 Å². The smallest absolute Gasteiger partial charge is 0.223 e. The molecule has 0 aromatic carbocycles. The van der Waals surface area contributed by atoms with Crippen LogP contribution in [0, 0.1) is 11.8 Å². The molecule has 0 spiro atoms. The molecule has 0 rings (SSSR count). The van der Waals surface area contributed by atoms with Crippen LogP contribution in [0.3, 0.4) is 0 Å². The van der Waals surface area contributed by atoms with Gasteiger partial charge in [0.2, 0.25) is 5.91 Å². The number of nitrogens with two attached hydrogens (primary N) is 1. The first-order valence-electron chi connectivity index (χ1n) is 6.27. The molecule has 0 saturated carbocycles. The first-order valence-corrected chi connectivity index (χ1v) is 6.27. The summed E-state index contributed by atoms with van der Waals surface area (Å²) in [4.78, 5) is 12.0. The molecule has 3 nitrogen and oxygen atoms in total. The normalized spacial score (nSPS) is 12.5. The van der Waals surface area contributed by atoms with Gasteiger partial charge in [0.1, 0.15) is 0 Å². The molecule has 0 fully saturated rings. The molecule has 0 aromatic heterocycles. The number of rotatable bonds is 9. The van der Waals surface area contributed by atoms with E-state index in [1.54, 1.807) is 12.2 Å². The van der Waals surface area contributed by atoms with Crippen molar-refractivity contribution in [2.45, 2.75) is 39.2 Å². The first-order chi connectivity index (χ1) is 8.04. The summed E-state index contributed by atoms with van der Waals surface area (Å²) in [7, 11) is 0. The van der Waals surface area contributed by atoms with Crippen LogP contribution in [-0.2, 0) is 4.79 Å². The van der Waals surface area contributed by atoms with Gasteiger partial charge in [0.25, 0.3) is 0 Å². The number of allylic oxidation sites excluding steroid dienone is 2. The molecule has 1 amide bonds. The van der Waals surface area contributed by atoms with Crippen molar-refractivity contribution in [2.75, 3.05) is 6.54 Å². The molecule has 0 radical (unpaired) electrons. The van der Waals surface area contributed by atoms with Crippen molar-refractivity contribution in [1.82, 2.24) is 5.32 Å².